The Morgan fingerprint density at radius 3 is 2.78 bits per heavy atom. The van der Waals surface area contributed by atoms with Crippen LogP contribution in [-0.2, 0) is 13.5 Å². The van der Waals surface area contributed by atoms with Crippen LogP contribution >= 0.6 is 0 Å². The summed E-state index contributed by atoms with van der Waals surface area (Å²) in [7, 11) is 4.24. The molecular weight excluding hydrogens is 226 g/mol. The van der Waals surface area contributed by atoms with E-state index >= 15 is 0 Å². The Kier molecular flexibility index (Phi) is 3.37. The summed E-state index contributed by atoms with van der Waals surface area (Å²) in [6.07, 6.45) is 5.71. The molecule has 0 saturated carbocycles. The Labute approximate surface area is 109 Å². The first-order valence-electron chi connectivity index (χ1n) is 6.94. The molecule has 0 aromatic carbocycles. The Morgan fingerprint density at radius 1 is 1.22 bits per heavy atom. The summed E-state index contributed by atoms with van der Waals surface area (Å²) in [4.78, 5) is 2.38. The zero-order chi connectivity index (χ0) is 12.5. The predicted molar refractivity (Wildman–Crippen MR) is 71.1 cm³/mol. The molecule has 2 heterocycles. The SMILES string of the molecule is CN1CCN(NC2CCCc3c2cnn3C)CC1. The lowest BCUT2D eigenvalue weighted by Crippen LogP contribution is -2.52. The summed E-state index contributed by atoms with van der Waals surface area (Å²) in [6, 6.07) is 0.464. The zero-order valence-electron chi connectivity index (χ0n) is 11.4. The van der Waals surface area contributed by atoms with Crippen molar-refractivity contribution in [2.24, 2.45) is 7.05 Å². The number of nitrogens with one attached hydrogen (secondary N) is 1. The molecule has 100 valence electrons. The Balaban J connectivity index is 1.67. The van der Waals surface area contributed by atoms with Gasteiger partial charge in [0.2, 0.25) is 0 Å². The molecule has 1 aromatic heterocycles. The standard InChI is InChI=1S/C13H23N5/c1-16-6-8-18(9-7-16)15-12-4-3-5-13-11(12)10-14-17(13)2/h10,12,15H,3-9H2,1-2H3. The van der Waals surface area contributed by atoms with Crippen molar-refractivity contribution < 1.29 is 0 Å². The molecule has 1 aliphatic carbocycles. The number of hydrazine groups is 1. The van der Waals surface area contributed by atoms with Crippen molar-refractivity contribution in [2.75, 3.05) is 33.2 Å². The molecular formula is C13H23N5. The zero-order valence-corrected chi connectivity index (χ0v) is 11.4. The van der Waals surface area contributed by atoms with Gasteiger partial charge in [-0.3, -0.25) is 4.68 Å². The van der Waals surface area contributed by atoms with Crippen molar-refractivity contribution in [3.8, 4) is 0 Å². The third kappa shape index (κ3) is 2.30. The third-order valence-electron chi connectivity index (χ3n) is 4.22. The van der Waals surface area contributed by atoms with Crippen LogP contribution < -0.4 is 5.43 Å². The van der Waals surface area contributed by atoms with Crippen LogP contribution in [0, 0.1) is 0 Å². The summed E-state index contributed by atoms with van der Waals surface area (Å²) in [5.74, 6) is 0. The minimum Gasteiger partial charge on any atom is -0.304 e. The number of aromatic nitrogens is 2. The van der Waals surface area contributed by atoms with E-state index in [1.807, 2.05) is 10.9 Å². The number of likely N-dealkylation sites (N-methyl/N-ethyl adjacent to an activating group) is 1. The molecule has 0 amide bonds. The van der Waals surface area contributed by atoms with E-state index in [1.54, 1.807) is 0 Å². The molecule has 18 heavy (non-hydrogen) atoms. The van der Waals surface area contributed by atoms with Crippen LogP contribution in [0.5, 0.6) is 0 Å². The van der Waals surface area contributed by atoms with Crippen LogP contribution in [0.1, 0.15) is 30.1 Å². The molecule has 1 unspecified atom stereocenters. The first-order chi connectivity index (χ1) is 8.74. The molecule has 5 heteroatoms. The van der Waals surface area contributed by atoms with Gasteiger partial charge in [-0.05, 0) is 26.3 Å². The van der Waals surface area contributed by atoms with E-state index in [9.17, 15) is 0 Å². The van der Waals surface area contributed by atoms with Crippen molar-refractivity contribution in [1.82, 2.24) is 25.1 Å². The van der Waals surface area contributed by atoms with Crippen LogP contribution in [0.2, 0.25) is 0 Å². The van der Waals surface area contributed by atoms with E-state index in [-0.39, 0.29) is 0 Å². The quantitative estimate of drug-likeness (QED) is 0.830. The van der Waals surface area contributed by atoms with Crippen LogP contribution in [0.15, 0.2) is 6.20 Å². The minimum absolute atomic E-state index is 0.464. The second-order valence-corrected chi connectivity index (χ2v) is 5.53. The number of nitrogens with zero attached hydrogens (tertiary/aromatic N) is 4. The maximum Gasteiger partial charge on any atom is 0.0540 e. The van der Waals surface area contributed by atoms with Crippen LogP contribution in [0.25, 0.3) is 0 Å². The molecule has 1 atom stereocenters. The minimum atomic E-state index is 0.464. The van der Waals surface area contributed by atoms with Crippen molar-refractivity contribution in [1.29, 1.82) is 0 Å². The number of piperazine rings is 1. The molecule has 0 spiro atoms. The fourth-order valence-corrected chi connectivity index (χ4v) is 3.00. The number of hydrogen-bond acceptors (Lipinski definition) is 4. The smallest absolute Gasteiger partial charge is 0.0540 e. The van der Waals surface area contributed by atoms with Crippen molar-refractivity contribution in [2.45, 2.75) is 25.3 Å². The van der Waals surface area contributed by atoms with Gasteiger partial charge in [0, 0.05) is 50.5 Å². The molecule has 0 radical (unpaired) electrons. The van der Waals surface area contributed by atoms with Gasteiger partial charge in [0.05, 0.1) is 6.20 Å². The van der Waals surface area contributed by atoms with Crippen molar-refractivity contribution >= 4 is 0 Å². The maximum absolute atomic E-state index is 4.40. The second kappa shape index (κ2) is 4.99. The van der Waals surface area contributed by atoms with E-state index in [4.69, 9.17) is 0 Å². The monoisotopic (exact) mass is 249 g/mol. The summed E-state index contributed by atoms with van der Waals surface area (Å²) >= 11 is 0. The molecule has 1 aliphatic heterocycles. The molecule has 1 N–H and O–H groups in total. The van der Waals surface area contributed by atoms with E-state index in [0.29, 0.717) is 6.04 Å². The fraction of sp³-hybridized carbons (Fsp3) is 0.769. The fourth-order valence-electron chi connectivity index (χ4n) is 3.00. The van der Waals surface area contributed by atoms with Gasteiger partial charge in [-0.25, -0.2) is 10.4 Å². The summed E-state index contributed by atoms with van der Waals surface area (Å²) in [5, 5.41) is 6.79. The normalized spacial score (nSPS) is 26.2. The maximum atomic E-state index is 4.40. The summed E-state index contributed by atoms with van der Waals surface area (Å²) < 4.78 is 2.03. The van der Waals surface area contributed by atoms with Crippen molar-refractivity contribution in [3.05, 3.63) is 17.5 Å². The number of aryl methyl sites for hydroxylation is 1. The molecule has 1 fully saturated rings. The second-order valence-electron chi connectivity index (χ2n) is 5.53. The van der Waals surface area contributed by atoms with Gasteiger partial charge in [0.25, 0.3) is 0 Å². The largest absolute Gasteiger partial charge is 0.304 e. The predicted octanol–water partition coefficient (Wildman–Crippen LogP) is 0.550. The molecule has 3 rings (SSSR count). The van der Waals surface area contributed by atoms with Crippen LogP contribution in [0.3, 0.4) is 0 Å². The third-order valence-corrected chi connectivity index (χ3v) is 4.22. The lowest BCUT2D eigenvalue weighted by atomic mass is 9.93. The highest BCUT2D eigenvalue weighted by molar-refractivity contribution is 5.24. The molecule has 1 aromatic rings. The van der Waals surface area contributed by atoms with E-state index in [1.165, 1.54) is 30.5 Å². The Morgan fingerprint density at radius 2 is 2.00 bits per heavy atom. The Hall–Kier alpha value is -0.910. The molecule has 5 nitrogen and oxygen atoms in total. The molecule has 2 aliphatic rings. The Bertz CT molecular complexity index is 406. The average molecular weight is 249 g/mol. The van der Waals surface area contributed by atoms with Gasteiger partial charge in [-0.15, -0.1) is 0 Å². The summed E-state index contributed by atoms with van der Waals surface area (Å²) in [5.41, 5.74) is 6.52. The highest BCUT2D eigenvalue weighted by Crippen LogP contribution is 2.29. The van der Waals surface area contributed by atoms with Gasteiger partial charge in [-0.1, -0.05) is 0 Å². The number of hydrogen-bond donors (Lipinski definition) is 1. The van der Waals surface area contributed by atoms with E-state index < -0.39 is 0 Å². The molecule has 0 bridgehead atoms. The van der Waals surface area contributed by atoms with Gasteiger partial charge in [0.15, 0.2) is 0 Å². The molecule has 1 saturated heterocycles. The lowest BCUT2D eigenvalue weighted by Gasteiger charge is -2.36. The van der Waals surface area contributed by atoms with Gasteiger partial charge < -0.3 is 4.90 Å². The van der Waals surface area contributed by atoms with Crippen LogP contribution in [-0.4, -0.2) is 52.9 Å². The van der Waals surface area contributed by atoms with Gasteiger partial charge in [-0.2, -0.15) is 5.10 Å². The van der Waals surface area contributed by atoms with Crippen LogP contribution in [0.4, 0.5) is 0 Å². The highest BCUT2D eigenvalue weighted by Gasteiger charge is 2.25. The average Bonchev–Trinajstić information content (AvgIpc) is 2.76. The van der Waals surface area contributed by atoms with Crippen molar-refractivity contribution in [3.63, 3.8) is 0 Å². The van der Waals surface area contributed by atoms with E-state index in [0.717, 1.165) is 26.2 Å². The first-order valence-corrected chi connectivity index (χ1v) is 6.94. The van der Waals surface area contributed by atoms with Gasteiger partial charge >= 0.3 is 0 Å². The van der Waals surface area contributed by atoms with E-state index in [2.05, 4.69) is 34.5 Å². The first kappa shape index (κ1) is 12.1. The summed E-state index contributed by atoms with van der Waals surface area (Å²) in [6.45, 7) is 4.53. The van der Waals surface area contributed by atoms with Gasteiger partial charge in [0.1, 0.15) is 0 Å². The topological polar surface area (TPSA) is 36.3 Å². The number of rotatable bonds is 2. The lowest BCUT2D eigenvalue weighted by molar-refractivity contribution is 0.0827. The number of fused-ring (bicyclic) bond motifs is 1. The highest BCUT2D eigenvalue weighted by atomic mass is 15.5.